The lowest BCUT2D eigenvalue weighted by molar-refractivity contribution is -0.134. The lowest BCUT2D eigenvalue weighted by Crippen LogP contribution is -2.45. The largest absolute Gasteiger partial charge is 0.484 e. The zero-order valence-corrected chi connectivity index (χ0v) is 13.8. The number of benzene rings is 1. The Morgan fingerprint density at radius 2 is 2.22 bits per heavy atom. The topological polar surface area (TPSA) is 42.4 Å². The van der Waals surface area contributed by atoms with Gasteiger partial charge in [0.1, 0.15) is 11.6 Å². The van der Waals surface area contributed by atoms with Gasteiger partial charge in [0.2, 0.25) is 0 Å². The number of aromatic nitrogens is 1. The van der Waals surface area contributed by atoms with Gasteiger partial charge in [-0.05, 0) is 25.0 Å². The Kier molecular flexibility index (Phi) is 4.61. The minimum Gasteiger partial charge on any atom is -0.484 e. The van der Waals surface area contributed by atoms with Crippen molar-refractivity contribution in [3.05, 3.63) is 46.7 Å². The molecule has 0 bridgehead atoms. The van der Waals surface area contributed by atoms with Gasteiger partial charge in [0.25, 0.3) is 5.91 Å². The van der Waals surface area contributed by atoms with Gasteiger partial charge in [0.15, 0.2) is 6.61 Å². The van der Waals surface area contributed by atoms with Crippen molar-refractivity contribution in [2.45, 2.75) is 25.2 Å². The van der Waals surface area contributed by atoms with E-state index in [4.69, 9.17) is 4.74 Å². The fraction of sp³-hybridized carbons (Fsp3) is 0.412. The Bertz CT molecular complexity index is 667. The maximum absolute atomic E-state index is 13.1. The van der Waals surface area contributed by atoms with Crippen molar-refractivity contribution in [1.82, 2.24) is 9.88 Å². The maximum Gasteiger partial charge on any atom is 0.260 e. The Labute approximate surface area is 138 Å². The highest BCUT2D eigenvalue weighted by Gasteiger charge is 2.35. The summed E-state index contributed by atoms with van der Waals surface area (Å²) in [4.78, 5) is 18.5. The van der Waals surface area contributed by atoms with Crippen LogP contribution in [-0.2, 0) is 10.2 Å². The summed E-state index contributed by atoms with van der Waals surface area (Å²) in [6, 6.07) is 5.84. The first-order valence-corrected chi connectivity index (χ1v) is 8.51. The molecule has 1 amide bonds. The lowest BCUT2D eigenvalue weighted by Gasteiger charge is -2.38. The number of halogens is 1. The zero-order chi connectivity index (χ0) is 16.3. The number of rotatable bonds is 4. The second kappa shape index (κ2) is 6.66. The van der Waals surface area contributed by atoms with Crippen LogP contribution in [0.5, 0.6) is 5.75 Å². The van der Waals surface area contributed by atoms with Crippen LogP contribution in [0, 0.1) is 5.82 Å². The van der Waals surface area contributed by atoms with E-state index in [0.717, 1.165) is 17.8 Å². The Hall–Kier alpha value is -1.95. The molecular formula is C17H19FN2O2S. The van der Waals surface area contributed by atoms with Gasteiger partial charge in [-0.25, -0.2) is 9.37 Å². The Morgan fingerprint density at radius 1 is 1.43 bits per heavy atom. The van der Waals surface area contributed by atoms with Crippen LogP contribution >= 0.6 is 11.3 Å². The molecule has 23 heavy (non-hydrogen) atoms. The molecule has 1 aliphatic rings. The highest BCUT2D eigenvalue weighted by molar-refractivity contribution is 7.09. The third kappa shape index (κ3) is 3.69. The van der Waals surface area contributed by atoms with Crippen molar-refractivity contribution in [3.63, 3.8) is 0 Å². The molecule has 0 radical (unpaired) electrons. The van der Waals surface area contributed by atoms with Gasteiger partial charge < -0.3 is 9.64 Å². The van der Waals surface area contributed by atoms with Crippen LogP contribution in [0.4, 0.5) is 4.39 Å². The molecule has 122 valence electrons. The summed E-state index contributed by atoms with van der Waals surface area (Å²) < 4.78 is 18.5. The number of carbonyl (C=O) groups excluding carboxylic acids is 1. The summed E-state index contributed by atoms with van der Waals surface area (Å²) in [5, 5.41) is 3.13. The smallest absolute Gasteiger partial charge is 0.260 e. The van der Waals surface area contributed by atoms with Crippen molar-refractivity contribution in [2.75, 3.05) is 19.7 Å². The molecule has 2 heterocycles. The lowest BCUT2D eigenvalue weighted by atomic mass is 9.81. The van der Waals surface area contributed by atoms with Crippen molar-refractivity contribution in [2.24, 2.45) is 0 Å². The number of hydrogen-bond donors (Lipinski definition) is 0. The summed E-state index contributed by atoms with van der Waals surface area (Å²) in [6.45, 7) is 3.54. The van der Waals surface area contributed by atoms with Crippen LogP contribution in [0.3, 0.4) is 0 Å². The van der Waals surface area contributed by atoms with E-state index in [2.05, 4.69) is 11.9 Å². The van der Waals surface area contributed by atoms with E-state index >= 15 is 0 Å². The van der Waals surface area contributed by atoms with Crippen LogP contribution in [0.1, 0.15) is 24.8 Å². The van der Waals surface area contributed by atoms with E-state index in [1.807, 2.05) is 16.5 Å². The third-order valence-corrected chi connectivity index (χ3v) is 5.41. The molecular weight excluding hydrogens is 315 g/mol. The predicted molar refractivity (Wildman–Crippen MR) is 87.2 cm³/mol. The Morgan fingerprint density at radius 3 is 2.87 bits per heavy atom. The molecule has 1 aliphatic heterocycles. The van der Waals surface area contributed by atoms with E-state index in [0.29, 0.717) is 18.8 Å². The second-order valence-electron chi connectivity index (χ2n) is 6.02. The number of nitrogens with zero attached hydrogens (tertiary/aromatic N) is 2. The highest BCUT2D eigenvalue weighted by Crippen LogP contribution is 2.36. The van der Waals surface area contributed by atoms with Gasteiger partial charge in [-0.2, -0.15) is 0 Å². The molecule has 0 aliphatic carbocycles. The fourth-order valence-corrected chi connectivity index (χ4v) is 3.64. The second-order valence-corrected chi connectivity index (χ2v) is 6.92. The third-order valence-electron chi connectivity index (χ3n) is 4.33. The van der Waals surface area contributed by atoms with Gasteiger partial charge in [0, 0.05) is 36.1 Å². The number of hydrogen-bond acceptors (Lipinski definition) is 4. The number of likely N-dealkylation sites (tertiary alicyclic amines) is 1. The van der Waals surface area contributed by atoms with Crippen molar-refractivity contribution < 1.29 is 13.9 Å². The molecule has 1 aromatic heterocycles. The van der Waals surface area contributed by atoms with Crippen molar-refractivity contribution in [1.29, 1.82) is 0 Å². The molecule has 1 fully saturated rings. The highest BCUT2D eigenvalue weighted by atomic mass is 32.1. The first-order chi connectivity index (χ1) is 11.1. The molecule has 1 aromatic carbocycles. The van der Waals surface area contributed by atoms with Crippen LogP contribution in [0.15, 0.2) is 35.8 Å². The van der Waals surface area contributed by atoms with Gasteiger partial charge in [-0.3, -0.25) is 4.79 Å². The minimum atomic E-state index is -0.368. The maximum atomic E-state index is 13.1. The Balaban J connectivity index is 1.52. The normalized spacial score (nSPS) is 17.0. The zero-order valence-electron chi connectivity index (χ0n) is 13.0. The number of ether oxygens (including phenoxy) is 1. The average Bonchev–Trinajstić information content (AvgIpc) is 3.09. The molecule has 0 spiro atoms. The van der Waals surface area contributed by atoms with Gasteiger partial charge in [-0.15, -0.1) is 11.3 Å². The first-order valence-electron chi connectivity index (χ1n) is 7.63. The minimum absolute atomic E-state index is 0.0500. The summed E-state index contributed by atoms with van der Waals surface area (Å²) in [5.74, 6) is -0.0504. The molecule has 3 rings (SSSR count). The number of thiazole rings is 1. The van der Waals surface area contributed by atoms with Gasteiger partial charge in [0.05, 0.1) is 5.01 Å². The van der Waals surface area contributed by atoms with Crippen LogP contribution < -0.4 is 4.74 Å². The van der Waals surface area contributed by atoms with E-state index < -0.39 is 0 Å². The fourth-order valence-electron chi connectivity index (χ4n) is 2.78. The molecule has 4 nitrogen and oxygen atoms in total. The summed E-state index contributed by atoms with van der Waals surface area (Å²) in [6.07, 6.45) is 3.62. The number of piperidine rings is 1. The van der Waals surface area contributed by atoms with Crippen LogP contribution in [-0.4, -0.2) is 35.5 Å². The molecule has 0 N–H and O–H groups in total. The van der Waals surface area contributed by atoms with Crippen LogP contribution in [0.2, 0.25) is 0 Å². The molecule has 2 aromatic rings. The number of carbonyl (C=O) groups is 1. The molecule has 0 atom stereocenters. The average molecular weight is 334 g/mol. The number of amides is 1. The summed E-state index contributed by atoms with van der Waals surface area (Å²) in [7, 11) is 0. The van der Waals surface area contributed by atoms with E-state index in [1.165, 1.54) is 12.1 Å². The summed E-state index contributed by atoms with van der Waals surface area (Å²) in [5.41, 5.74) is 0.0500. The van der Waals surface area contributed by atoms with Gasteiger partial charge in [-0.1, -0.05) is 13.0 Å². The first kappa shape index (κ1) is 15.9. The van der Waals surface area contributed by atoms with E-state index in [1.54, 1.807) is 23.5 Å². The quantitative estimate of drug-likeness (QED) is 0.862. The standard InChI is InChI=1S/C17H19FN2O2S/c1-17(16-19-7-10-23-16)5-8-20(9-6-17)15(21)12-22-14-4-2-3-13(18)11-14/h2-4,7,10-11H,5-6,8-9,12H2,1H3. The predicted octanol–water partition coefficient (Wildman–Crippen LogP) is 3.24. The van der Waals surface area contributed by atoms with Crippen LogP contribution in [0.25, 0.3) is 0 Å². The summed E-state index contributed by atoms with van der Waals surface area (Å²) >= 11 is 1.67. The SMILES string of the molecule is CC1(c2nccs2)CCN(C(=O)COc2cccc(F)c2)CC1. The molecule has 1 saturated heterocycles. The monoisotopic (exact) mass is 334 g/mol. The van der Waals surface area contributed by atoms with Gasteiger partial charge >= 0.3 is 0 Å². The van der Waals surface area contributed by atoms with E-state index in [9.17, 15) is 9.18 Å². The van der Waals surface area contributed by atoms with Crippen molar-refractivity contribution in [3.8, 4) is 5.75 Å². The molecule has 0 saturated carbocycles. The van der Waals surface area contributed by atoms with E-state index in [-0.39, 0.29) is 23.7 Å². The molecule has 0 unspecified atom stereocenters. The van der Waals surface area contributed by atoms with Crippen molar-refractivity contribution >= 4 is 17.2 Å². The molecule has 6 heteroatoms.